The van der Waals surface area contributed by atoms with Crippen molar-refractivity contribution in [2.45, 2.75) is 33.5 Å². The standard InChI is InChI=1S/C22H29ClN2O2S/c1-4-26-21(27-5-2)16-25(15-14-18-10-7-6-8-11-18)22(28)24-20-13-9-12-19(23)17(20)3/h6-13,21H,4-5,14-16H2,1-3H3,(H,24,28). The van der Waals surface area contributed by atoms with Crippen molar-refractivity contribution in [3.8, 4) is 0 Å². The number of ether oxygens (including phenoxy) is 2. The molecule has 0 saturated carbocycles. The molecule has 2 aromatic carbocycles. The summed E-state index contributed by atoms with van der Waals surface area (Å²) in [4.78, 5) is 2.10. The van der Waals surface area contributed by atoms with Crippen molar-refractivity contribution in [1.82, 2.24) is 4.90 Å². The lowest BCUT2D eigenvalue weighted by Gasteiger charge is -2.30. The van der Waals surface area contributed by atoms with E-state index < -0.39 is 0 Å². The third-order valence-electron chi connectivity index (χ3n) is 4.38. The molecule has 28 heavy (non-hydrogen) atoms. The molecule has 0 fully saturated rings. The molecular weight excluding hydrogens is 392 g/mol. The van der Waals surface area contributed by atoms with E-state index in [1.54, 1.807) is 0 Å². The molecule has 0 aliphatic rings. The van der Waals surface area contributed by atoms with Crippen molar-refractivity contribution < 1.29 is 9.47 Å². The number of nitrogens with zero attached hydrogens (tertiary/aromatic N) is 1. The molecule has 6 heteroatoms. The molecule has 0 unspecified atom stereocenters. The Hall–Kier alpha value is -1.66. The van der Waals surface area contributed by atoms with Crippen molar-refractivity contribution in [2.75, 3.05) is 31.6 Å². The summed E-state index contributed by atoms with van der Waals surface area (Å²) in [6.45, 7) is 8.39. The number of hydrogen-bond acceptors (Lipinski definition) is 3. The van der Waals surface area contributed by atoms with E-state index in [1.165, 1.54) is 5.56 Å². The Bertz CT molecular complexity index is 737. The lowest BCUT2D eigenvalue weighted by molar-refractivity contribution is -0.141. The second kappa shape index (κ2) is 12.0. The zero-order chi connectivity index (χ0) is 20.4. The normalized spacial score (nSPS) is 10.9. The summed E-state index contributed by atoms with van der Waals surface area (Å²) < 4.78 is 11.5. The zero-order valence-corrected chi connectivity index (χ0v) is 18.4. The van der Waals surface area contributed by atoms with Gasteiger partial charge in [0.2, 0.25) is 0 Å². The Morgan fingerprint density at radius 2 is 1.75 bits per heavy atom. The molecule has 152 valence electrons. The molecular formula is C22H29ClN2O2S. The quantitative estimate of drug-likeness (QED) is 0.417. The molecule has 0 heterocycles. The van der Waals surface area contributed by atoms with Gasteiger partial charge in [-0.1, -0.05) is 48.0 Å². The van der Waals surface area contributed by atoms with Crippen LogP contribution in [0.3, 0.4) is 0 Å². The largest absolute Gasteiger partial charge is 0.351 e. The first-order valence-electron chi connectivity index (χ1n) is 9.63. The van der Waals surface area contributed by atoms with Crippen LogP contribution in [0.1, 0.15) is 25.0 Å². The second-order valence-corrected chi connectivity index (χ2v) is 7.16. The van der Waals surface area contributed by atoms with E-state index >= 15 is 0 Å². The molecule has 0 radical (unpaired) electrons. The van der Waals surface area contributed by atoms with Crippen molar-refractivity contribution in [2.24, 2.45) is 0 Å². The molecule has 0 amide bonds. The molecule has 2 aromatic rings. The third-order valence-corrected chi connectivity index (χ3v) is 5.15. The summed E-state index contributed by atoms with van der Waals surface area (Å²) >= 11 is 12.0. The molecule has 0 aromatic heterocycles. The Morgan fingerprint density at radius 3 is 2.39 bits per heavy atom. The van der Waals surface area contributed by atoms with E-state index in [-0.39, 0.29) is 6.29 Å². The number of anilines is 1. The van der Waals surface area contributed by atoms with E-state index in [2.05, 4.69) is 34.5 Å². The molecule has 4 nitrogen and oxygen atoms in total. The smallest absolute Gasteiger partial charge is 0.174 e. The number of rotatable bonds is 10. The third kappa shape index (κ3) is 7.06. The summed E-state index contributed by atoms with van der Waals surface area (Å²) in [7, 11) is 0. The van der Waals surface area contributed by atoms with Crippen molar-refractivity contribution in [3.05, 3.63) is 64.7 Å². The van der Waals surface area contributed by atoms with E-state index in [0.717, 1.165) is 24.2 Å². The highest BCUT2D eigenvalue weighted by Gasteiger charge is 2.18. The molecule has 0 spiro atoms. The van der Waals surface area contributed by atoms with Gasteiger partial charge in [0.1, 0.15) is 0 Å². The van der Waals surface area contributed by atoms with Gasteiger partial charge in [-0.2, -0.15) is 0 Å². The molecule has 2 rings (SSSR count). The lowest BCUT2D eigenvalue weighted by Crippen LogP contribution is -2.43. The van der Waals surface area contributed by atoms with Gasteiger partial charge in [-0.15, -0.1) is 0 Å². The van der Waals surface area contributed by atoms with Crippen LogP contribution in [0.25, 0.3) is 0 Å². The summed E-state index contributed by atoms with van der Waals surface area (Å²) in [5, 5.41) is 4.68. The first kappa shape index (κ1) is 22.6. The second-order valence-electron chi connectivity index (χ2n) is 6.36. The van der Waals surface area contributed by atoms with Crippen LogP contribution in [0.2, 0.25) is 5.02 Å². The zero-order valence-electron chi connectivity index (χ0n) is 16.8. The van der Waals surface area contributed by atoms with Crippen LogP contribution in [-0.4, -0.2) is 42.6 Å². The van der Waals surface area contributed by atoms with E-state index in [4.69, 9.17) is 33.3 Å². The topological polar surface area (TPSA) is 33.7 Å². The number of hydrogen-bond donors (Lipinski definition) is 1. The van der Waals surface area contributed by atoms with Crippen LogP contribution in [0, 0.1) is 6.92 Å². The minimum Gasteiger partial charge on any atom is -0.351 e. The average molecular weight is 421 g/mol. The highest BCUT2D eigenvalue weighted by atomic mass is 35.5. The summed E-state index contributed by atoms with van der Waals surface area (Å²) in [5.74, 6) is 0. The van der Waals surface area contributed by atoms with Gasteiger partial charge < -0.3 is 19.7 Å². The fourth-order valence-corrected chi connectivity index (χ4v) is 3.28. The first-order chi connectivity index (χ1) is 13.5. The van der Waals surface area contributed by atoms with Gasteiger partial charge in [0.15, 0.2) is 11.4 Å². The summed E-state index contributed by atoms with van der Waals surface area (Å²) in [6, 6.07) is 16.1. The molecule has 0 bridgehead atoms. The highest BCUT2D eigenvalue weighted by Crippen LogP contribution is 2.23. The Kier molecular flexibility index (Phi) is 9.71. The van der Waals surface area contributed by atoms with Gasteiger partial charge in [-0.3, -0.25) is 0 Å². The monoisotopic (exact) mass is 420 g/mol. The van der Waals surface area contributed by atoms with Crippen LogP contribution >= 0.6 is 23.8 Å². The fourth-order valence-electron chi connectivity index (χ4n) is 2.83. The van der Waals surface area contributed by atoms with Crippen LogP contribution in [-0.2, 0) is 15.9 Å². The van der Waals surface area contributed by atoms with E-state index in [0.29, 0.717) is 29.9 Å². The number of halogens is 1. The van der Waals surface area contributed by atoms with Crippen molar-refractivity contribution >= 4 is 34.6 Å². The minimum atomic E-state index is -0.328. The predicted molar refractivity (Wildman–Crippen MR) is 121 cm³/mol. The van der Waals surface area contributed by atoms with Gasteiger partial charge in [-0.25, -0.2) is 0 Å². The maximum atomic E-state index is 6.25. The molecule has 0 aliphatic heterocycles. The molecule has 0 aliphatic carbocycles. The van der Waals surface area contributed by atoms with Gasteiger partial charge >= 0.3 is 0 Å². The fraction of sp³-hybridized carbons (Fsp3) is 0.409. The summed E-state index contributed by atoms with van der Waals surface area (Å²) in [5.41, 5.74) is 3.14. The predicted octanol–water partition coefficient (Wildman–Crippen LogP) is 5.29. The highest BCUT2D eigenvalue weighted by molar-refractivity contribution is 7.80. The number of nitrogens with one attached hydrogen (secondary N) is 1. The lowest BCUT2D eigenvalue weighted by atomic mass is 10.1. The van der Waals surface area contributed by atoms with Crippen LogP contribution in [0.5, 0.6) is 0 Å². The number of benzene rings is 2. The van der Waals surface area contributed by atoms with Crippen LogP contribution < -0.4 is 5.32 Å². The molecule has 1 N–H and O–H groups in total. The number of thiocarbonyl (C=S) groups is 1. The van der Waals surface area contributed by atoms with Gasteiger partial charge in [0.25, 0.3) is 0 Å². The molecule has 0 atom stereocenters. The Balaban J connectivity index is 2.12. The van der Waals surface area contributed by atoms with Crippen LogP contribution in [0.4, 0.5) is 5.69 Å². The minimum absolute atomic E-state index is 0.328. The van der Waals surface area contributed by atoms with Gasteiger partial charge in [-0.05, 0) is 62.7 Å². The van der Waals surface area contributed by atoms with Crippen LogP contribution in [0.15, 0.2) is 48.5 Å². The maximum Gasteiger partial charge on any atom is 0.174 e. The average Bonchev–Trinajstić information content (AvgIpc) is 2.69. The summed E-state index contributed by atoms with van der Waals surface area (Å²) in [6.07, 6.45) is 0.549. The SMILES string of the molecule is CCOC(CN(CCc1ccccc1)C(=S)Nc1cccc(Cl)c1C)OCC. The van der Waals surface area contributed by atoms with Crippen molar-refractivity contribution in [1.29, 1.82) is 0 Å². The first-order valence-corrected chi connectivity index (χ1v) is 10.4. The molecule has 0 saturated heterocycles. The van der Waals surface area contributed by atoms with Crippen molar-refractivity contribution in [3.63, 3.8) is 0 Å². The van der Waals surface area contributed by atoms with E-state index in [1.807, 2.05) is 45.0 Å². The van der Waals surface area contributed by atoms with Gasteiger partial charge in [0, 0.05) is 30.5 Å². The Morgan fingerprint density at radius 1 is 1.07 bits per heavy atom. The van der Waals surface area contributed by atoms with E-state index in [9.17, 15) is 0 Å². The Labute approximate surface area is 178 Å². The van der Waals surface area contributed by atoms with Gasteiger partial charge in [0.05, 0.1) is 6.54 Å². The maximum absolute atomic E-state index is 6.25.